The van der Waals surface area contributed by atoms with E-state index in [1.807, 2.05) is 13.8 Å². The molecule has 72 valence electrons. The zero-order valence-corrected chi connectivity index (χ0v) is 7.65. The Labute approximate surface area is 73.6 Å². The lowest BCUT2D eigenvalue weighted by Gasteiger charge is -1.86. The Morgan fingerprint density at radius 2 is 1.73 bits per heavy atom. The van der Waals surface area contributed by atoms with Crippen molar-refractivity contribution in [2.24, 2.45) is 4.99 Å². The summed E-state index contributed by atoms with van der Waals surface area (Å²) in [6.45, 7) is 11.2. The van der Waals surface area contributed by atoms with Gasteiger partial charge in [-0.2, -0.15) is 0 Å². The van der Waals surface area contributed by atoms with Crippen LogP contribution in [0.2, 0.25) is 0 Å². The molecule has 2 nitrogen and oxygen atoms in total. The van der Waals surface area contributed by atoms with Gasteiger partial charge in [0.1, 0.15) is 0 Å². The summed E-state index contributed by atoms with van der Waals surface area (Å²) in [4.78, 5) is 3.85. The van der Waals surface area contributed by atoms with Crippen molar-refractivity contribution in [3.05, 3.63) is 0 Å². The van der Waals surface area contributed by atoms with Crippen molar-refractivity contribution in [2.45, 2.75) is 35.1 Å². The Morgan fingerprint density at radius 3 is 1.73 bits per heavy atom. The minimum Gasteiger partial charge on any atom is -0.317 e. The zero-order chi connectivity index (χ0) is 8.24. The smallest absolute Gasteiger partial charge is 0.0356 e. The summed E-state index contributed by atoms with van der Waals surface area (Å²) in [5.74, 6) is 0. The molecule has 1 N–H and O–H groups in total. The second kappa shape index (κ2) is 22.6. The Kier molecular flexibility index (Phi) is 34.8. The Bertz CT molecular complexity index is 63.5. The molecule has 11 heavy (non-hydrogen) atoms. The second-order valence-electron chi connectivity index (χ2n) is 1.71. The van der Waals surface area contributed by atoms with E-state index in [1.54, 1.807) is 6.21 Å². The normalized spacial score (nSPS) is 8.36. The largest absolute Gasteiger partial charge is 0.317 e. The third-order valence-electron chi connectivity index (χ3n) is 0.865. The van der Waals surface area contributed by atoms with Crippen molar-refractivity contribution in [2.75, 3.05) is 19.6 Å². The van der Waals surface area contributed by atoms with Gasteiger partial charge >= 0.3 is 0 Å². The van der Waals surface area contributed by atoms with Crippen LogP contribution in [0.1, 0.15) is 36.5 Å². The fourth-order valence-corrected chi connectivity index (χ4v) is 0.433. The lowest BCUT2D eigenvalue weighted by molar-refractivity contribution is 0.762. The third-order valence-corrected chi connectivity index (χ3v) is 0.865. The number of rotatable bonds is 3. The number of hydrogen-bond donors (Lipinski definition) is 1. The molecule has 0 saturated carbocycles. The van der Waals surface area contributed by atoms with Crippen LogP contribution in [0.4, 0.5) is 0 Å². The second-order valence-corrected chi connectivity index (χ2v) is 1.71. The summed E-state index contributed by atoms with van der Waals surface area (Å²) in [7, 11) is 0. The summed E-state index contributed by atoms with van der Waals surface area (Å²) < 4.78 is 0. The van der Waals surface area contributed by atoms with Crippen LogP contribution in [-0.4, -0.2) is 25.8 Å². The van der Waals surface area contributed by atoms with Gasteiger partial charge in [0.25, 0.3) is 0 Å². The molecule has 0 bridgehead atoms. The molecular weight excluding hydrogens is 136 g/mol. The first-order valence-corrected chi connectivity index (χ1v) is 3.98. The van der Waals surface area contributed by atoms with Gasteiger partial charge in [-0.3, -0.25) is 4.99 Å². The molecule has 0 radical (unpaired) electrons. The predicted octanol–water partition coefficient (Wildman–Crippen LogP) is 2.59. The highest BCUT2D eigenvalue weighted by Crippen LogP contribution is 1.57. The molecule has 0 aromatic carbocycles. The molecule has 0 fully saturated rings. The summed E-state index contributed by atoms with van der Waals surface area (Å²) >= 11 is 0. The summed E-state index contributed by atoms with van der Waals surface area (Å²) in [6, 6.07) is 0. The van der Waals surface area contributed by atoms with Crippen LogP contribution < -0.4 is 5.32 Å². The molecule has 0 amide bonds. The van der Waals surface area contributed by atoms with Crippen molar-refractivity contribution in [1.29, 1.82) is 0 Å². The summed E-state index contributed by atoms with van der Waals surface area (Å²) in [6.07, 6.45) is 1.81. The van der Waals surface area contributed by atoms with E-state index < -0.39 is 0 Å². The van der Waals surface area contributed by atoms with Gasteiger partial charge in [-0.1, -0.05) is 21.3 Å². The van der Waals surface area contributed by atoms with Gasteiger partial charge in [-0.15, -0.1) is 0 Å². The van der Waals surface area contributed by atoms with E-state index in [0.29, 0.717) is 0 Å². The molecule has 0 aliphatic heterocycles. The summed E-state index contributed by atoms with van der Waals surface area (Å²) in [5.41, 5.74) is 0. The number of aliphatic imine (C=N–C) groups is 1. The van der Waals surface area contributed by atoms with E-state index in [9.17, 15) is 0 Å². The van der Waals surface area contributed by atoms with Gasteiger partial charge in [0, 0.05) is 7.97 Å². The molecule has 0 unspecified atom stereocenters. The van der Waals surface area contributed by atoms with Crippen LogP contribution in [0.3, 0.4) is 0 Å². The molecule has 0 rings (SSSR count). The molecule has 2 heteroatoms. The Balaban J connectivity index is -0.0000000457. The van der Waals surface area contributed by atoms with E-state index in [4.69, 9.17) is 0 Å². The summed E-state index contributed by atoms with van der Waals surface area (Å²) in [5, 5.41) is 3.11. The van der Waals surface area contributed by atoms with Crippen LogP contribution >= 0.6 is 0 Å². The van der Waals surface area contributed by atoms with Crippen molar-refractivity contribution in [3.63, 3.8) is 0 Å². The van der Waals surface area contributed by atoms with Crippen LogP contribution in [0.15, 0.2) is 4.99 Å². The quantitative estimate of drug-likeness (QED) is 0.634. The molecule has 0 spiro atoms. The molecule has 0 atom stereocenters. The molecular formula is C9H26N2. The maximum absolute atomic E-state index is 3.85. The average Bonchev–Trinajstić information content (AvgIpc) is 1.93. The van der Waals surface area contributed by atoms with Crippen molar-refractivity contribution in [3.8, 4) is 0 Å². The first-order chi connectivity index (χ1) is 4.83. The lowest BCUT2D eigenvalue weighted by Crippen LogP contribution is -2.09. The Morgan fingerprint density at radius 1 is 1.27 bits per heavy atom. The van der Waals surface area contributed by atoms with Gasteiger partial charge < -0.3 is 5.32 Å². The van der Waals surface area contributed by atoms with Crippen LogP contribution in [0.25, 0.3) is 0 Å². The Hall–Kier alpha value is -0.370. The molecule has 0 aliphatic rings. The first kappa shape index (κ1) is 16.9. The van der Waals surface area contributed by atoms with Crippen molar-refractivity contribution < 1.29 is 1.43 Å². The molecule has 0 heterocycles. The van der Waals surface area contributed by atoms with Crippen LogP contribution in [-0.2, 0) is 0 Å². The van der Waals surface area contributed by atoms with E-state index >= 15 is 0 Å². The molecule has 0 aromatic rings. The predicted molar refractivity (Wildman–Crippen MR) is 57.8 cm³/mol. The zero-order valence-electron chi connectivity index (χ0n) is 7.65. The molecule has 0 aliphatic carbocycles. The lowest BCUT2D eigenvalue weighted by atomic mass is 10.7. The average molecular weight is 162 g/mol. The monoisotopic (exact) mass is 162 g/mol. The highest BCUT2D eigenvalue weighted by atomic mass is 14.8. The fourth-order valence-electron chi connectivity index (χ4n) is 0.433. The van der Waals surface area contributed by atoms with Gasteiger partial charge in [-0.25, -0.2) is 0 Å². The number of nitrogens with zero attached hydrogens (tertiary/aromatic N) is 1. The van der Waals surface area contributed by atoms with Crippen molar-refractivity contribution >= 4 is 6.21 Å². The van der Waals surface area contributed by atoms with Gasteiger partial charge in [-0.05, 0) is 33.2 Å². The highest BCUT2D eigenvalue weighted by Gasteiger charge is 1.62. The van der Waals surface area contributed by atoms with Crippen LogP contribution in [0.5, 0.6) is 0 Å². The molecule has 0 aromatic heterocycles. The van der Waals surface area contributed by atoms with Crippen molar-refractivity contribution in [1.82, 2.24) is 5.32 Å². The topological polar surface area (TPSA) is 24.4 Å². The van der Waals surface area contributed by atoms with E-state index in [-0.39, 0.29) is 8.85 Å². The third kappa shape index (κ3) is 42.5. The van der Waals surface area contributed by atoms with E-state index in [1.165, 1.54) is 0 Å². The number of hydrogen-bond acceptors (Lipinski definition) is 2. The number of nitrogens with one attached hydrogen (secondary N) is 1. The maximum atomic E-state index is 3.85. The molecule has 0 saturated heterocycles. The maximum Gasteiger partial charge on any atom is 0.0356 e. The van der Waals surface area contributed by atoms with E-state index in [2.05, 4.69) is 24.2 Å². The first-order valence-electron chi connectivity index (χ1n) is 3.98. The van der Waals surface area contributed by atoms with Gasteiger partial charge in [0.2, 0.25) is 0 Å². The SMILES string of the molecule is C.CC=NCC.CCNCC.[HH]. The van der Waals surface area contributed by atoms with Gasteiger partial charge in [0.05, 0.1) is 0 Å². The minimum atomic E-state index is 0. The highest BCUT2D eigenvalue weighted by molar-refractivity contribution is 5.52. The minimum absolute atomic E-state index is 0. The fraction of sp³-hybridized carbons (Fsp3) is 0.889. The van der Waals surface area contributed by atoms with Crippen LogP contribution in [0, 0.1) is 0 Å². The standard InChI is InChI=1S/C4H11N.C4H9N.CH4.H2/c2*1-3-5-4-2;;/h5H,3-4H2,1-2H3;3H,4H2,1-2H3;1H4;1H. The van der Waals surface area contributed by atoms with Gasteiger partial charge in [0.15, 0.2) is 0 Å². The van der Waals surface area contributed by atoms with E-state index in [0.717, 1.165) is 19.6 Å².